The summed E-state index contributed by atoms with van der Waals surface area (Å²) in [6, 6.07) is 14.0. The van der Waals surface area contributed by atoms with Crippen LogP contribution in [0.5, 0.6) is 5.75 Å². The summed E-state index contributed by atoms with van der Waals surface area (Å²) in [6.07, 6.45) is -4.35. The Morgan fingerprint density at radius 2 is 1.62 bits per heavy atom. The number of carbonyl (C=O) groups excluding carboxylic acids is 2. The van der Waals surface area contributed by atoms with Crippen LogP contribution in [0.2, 0.25) is 0 Å². The molecule has 2 aromatic rings. The van der Waals surface area contributed by atoms with E-state index in [2.05, 4.69) is 10.1 Å². The van der Waals surface area contributed by atoms with Gasteiger partial charge in [-0.15, -0.1) is 13.2 Å². The van der Waals surface area contributed by atoms with E-state index < -0.39 is 30.1 Å². The molecule has 0 aliphatic carbocycles. The zero-order valence-electron chi connectivity index (χ0n) is 16.0. The predicted molar refractivity (Wildman–Crippen MR) is 100 cm³/mol. The lowest BCUT2D eigenvalue weighted by atomic mass is 10.1. The number of nitrogens with one attached hydrogen (secondary N) is 1. The second kappa shape index (κ2) is 9.95. The normalized spacial score (nSPS) is 13.3. The van der Waals surface area contributed by atoms with E-state index in [9.17, 15) is 22.8 Å². The minimum atomic E-state index is -4.81. The molecule has 2 aromatic carbocycles. The first-order valence-electron chi connectivity index (χ1n) is 9.05. The van der Waals surface area contributed by atoms with Crippen molar-refractivity contribution in [1.82, 2.24) is 5.32 Å². The van der Waals surface area contributed by atoms with Gasteiger partial charge in [0, 0.05) is 6.04 Å². The number of hydrogen-bond donors (Lipinski definition) is 1. The first-order valence-corrected chi connectivity index (χ1v) is 9.05. The summed E-state index contributed by atoms with van der Waals surface area (Å²) in [4.78, 5) is 24.3. The van der Waals surface area contributed by atoms with Gasteiger partial charge in [0.2, 0.25) is 0 Å². The van der Waals surface area contributed by atoms with Crippen LogP contribution < -0.4 is 10.1 Å². The van der Waals surface area contributed by atoms with Crippen molar-refractivity contribution < 1.29 is 32.2 Å². The number of rotatable bonds is 8. The number of hydrogen-bond acceptors (Lipinski definition) is 4. The van der Waals surface area contributed by atoms with Crippen molar-refractivity contribution in [1.29, 1.82) is 0 Å². The summed E-state index contributed by atoms with van der Waals surface area (Å²) < 4.78 is 45.3. The van der Waals surface area contributed by atoms with Crippen molar-refractivity contribution in [2.45, 2.75) is 45.2 Å². The summed E-state index contributed by atoms with van der Waals surface area (Å²) in [5, 5.41) is 2.78. The molecule has 0 fully saturated rings. The van der Waals surface area contributed by atoms with Gasteiger partial charge in [-0.2, -0.15) is 0 Å². The van der Waals surface area contributed by atoms with Gasteiger partial charge in [-0.05, 0) is 56.5 Å². The third kappa shape index (κ3) is 7.85. The molecule has 156 valence electrons. The van der Waals surface area contributed by atoms with Crippen molar-refractivity contribution in [2.75, 3.05) is 0 Å². The Bertz CT molecular complexity index is 807. The lowest BCUT2D eigenvalue weighted by Gasteiger charge is -2.18. The highest BCUT2D eigenvalue weighted by atomic mass is 19.4. The SMILES string of the molecule is C[C@H](CCc1ccccc1)NC(=O)[C@@H](C)OC(=O)c1ccc(OC(F)(F)F)cc1. The molecule has 8 heteroatoms. The average molecular weight is 409 g/mol. The fourth-order valence-electron chi connectivity index (χ4n) is 2.54. The number of carbonyl (C=O) groups is 2. The number of esters is 1. The third-order valence-electron chi connectivity index (χ3n) is 4.07. The van der Waals surface area contributed by atoms with Crippen molar-refractivity contribution in [3.63, 3.8) is 0 Å². The monoisotopic (exact) mass is 409 g/mol. The van der Waals surface area contributed by atoms with Gasteiger partial charge in [-0.1, -0.05) is 30.3 Å². The number of amides is 1. The van der Waals surface area contributed by atoms with Crippen LogP contribution in [0, 0.1) is 0 Å². The number of alkyl halides is 3. The molecule has 1 amide bonds. The summed E-state index contributed by atoms with van der Waals surface area (Å²) in [6.45, 7) is 3.28. The second-order valence-corrected chi connectivity index (χ2v) is 6.55. The Morgan fingerprint density at radius 3 is 2.21 bits per heavy atom. The largest absolute Gasteiger partial charge is 0.573 e. The summed E-state index contributed by atoms with van der Waals surface area (Å²) in [5.41, 5.74) is 1.17. The summed E-state index contributed by atoms with van der Waals surface area (Å²) in [5.74, 6) is -1.72. The van der Waals surface area contributed by atoms with Crippen molar-refractivity contribution in [3.8, 4) is 5.75 Å². The standard InChI is InChI=1S/C21H22F3NO4/c1-14(8-9-16-6-4-3-5-7-16)25-19(26)15(2)28-20(27)17-10-12-18(13-11-17)29-21(22,23)24/h3-7,10-15H,8-9H2,1-2H3,(H,25,26)/t14-,15-/m1/s1. The van der Waals surface area contributed by atoms with E-state index in [1.807, 2.05) is 37.3 Å². The van der Waals surface area contributed by atoms with Crippen LogP contribution in [0.4, 0.5) is 13.2 Å². The number of halogens is 3. The van der Waals surface area contributed by atoms with Gasteiger partial charge in [0.1, 0.15) is 5.75 Å². The molecule has 0 unspecified atom stereocenters. The zero-order chi connectivity index (χ0) is 21.4. The van der Waals surface area contributed by atoms with Gasteiger partial charge in [-0.3, -0.25) is 4.79 Å². The Kier molecular flexibility index (Phi) is 7.64. The van der Waals surface area contributed by atoms with Crippen LogP contribution in [0.25, 0.3) is 0 Å². The Balaban J connectivity index is 1.81. The van der Waals surface area contributed by atoms with Crippen LogP contribution in [0.1, 0.15) is 36.2 Å². The molecule has 0 radical (unpaired) electrons. The fraction of sp³-hybridized carbons (Fsp3) is 0.333. The van der Waals surface area contributed by atoms with Gasteiger partial charge in [0.15, 0.2) is 6.10 Å². The minimum absolute atomic E-state index is 0.0105. The molecular weight excluding hydrogens is 387 g/mol. The molecule has 0 heterocycles. The van der Waals surface area contributed by atoms with Crippen LogP contribution in [0.3, 0.4) is 0 Å². The van der Waals surface area contributed by atoms with Crippen LogP contribution in [0.15, 0.2) is 54.6 Å². The third-order valence-corrected chi connectivity index (χ3v) is 4.07. The Hall–Kier alpha value is -3.03. The molecule has 2 atom stereocenters. The van der Waals surface area contributed by atoms with Gasteiger partial charge in [-0.25, -0.2) is 4.79 Å². The summed E-state index contributed by atoms with van der Waals surface area (Å²) >= 11 is 0. The van der Waals surface area contributed by atoms with E-state index in [0.717, 1.165) is 42.7 Å². The Morgan fingerprint density at radius 1 is 1.00 bits per heavy atom. The molecule has 0 aromatic heterocycles. The molecule has 0 bridgehead atoms. The molecule has 0 saturated carbocycles. The van der Waals surface area contributed by atoms with Crippen LogP contribution in [-0.2, 0) is 16.0 Å². The smallest absolute Gasteiger partial charge is 0.449 e. The molecule has 2 rings (SSSR count). The highest BCUT2D eigenvalue weighted by Gasteiger charge is 2.31. The minimum Gasteiger partial charge on any atom is -0.449 e. The van der Waals surface area contributed by atoms with Gasteiger partial charge in [0.05, 0.1) is 5.56 Å². The van der Waals surface area contributed by atoms with E-state index >= 15 is 0 Å². The predicted octanol–water partition coefficient (Wildman–Crippen LogP) is 4.27. The quantitative estimate of drug-likeness (QED) is 0.662. The number of aryl methyl sites for hydroxylation is 1. The lowest BCUT2D eigenvalue weighted by molar-refractivity contribution is -0.274. The lowest BCUT2D eigenvalue weighted by Crippen LogP contribution is -2.41. The number of benzene rings is 2. The molecule has 0 saturated heterocycles. The molecule has 29 heavy (non-hydrogen) atoms. The van der Waals surface area contributed by atoms with Gasteiger partial charge >= 0.3 is 12.3 Å². The van der Waals surface area contributed by atoms with E-state index in [4.69, 9.17) is 4.74 Å². The first-order chi connectivity index (χ1) is 13.6. The van der Waals surface area contributed by atoms with Crippen molar-refractivity contribution >= 4 is 11.9 Å². The summed E-state index contributed by atoms with van der Waals surface area (Å²) in [7, 11) is 0. The van der Waals surface area contributed by atoms with E-state index in [1.165, 1.54) is 6.92 Å². The second-order valence-electron chi connectivity index (χ2n) is 6.55. The van der Waals surface area contributed by atoms with Gasteiger partial charge in [0.25, 0.3) is 5.91 Å². The highest BCUT2D eigenvalue weighted by molar-refractivity contribution is 5.92. The molecular formula is C21H22F3NO4. The van der Waals surface area contributed by atoms with E-state index in [0.29, 0.717) is 0 Å². The average Bonchev–Trinajstić information content (AvgIpc) is 2.66. The molecule has 0 aliphatic heterocycles. The maximum atomic E-state index is 12.2. The fourth-order valence-corrected chi connectivity index (χ4v) is 2.54. The molecule has 0 aliphatic rings. The van der Waals surface area contributed by atoms with Crippen LogP contribution >= 0.6 is 0 Å². The molecule has 1 N–H and O–H groups in total. The van der Waals surface area contributed by atoms with Gasteiger partial charge < -0.3 is 14.8 Å². The highest BCUT2D eigenvalue weighted by Crippen LogP contribution is 2.23. The van der Waals surface area contributed by atoms with Crippen LogP contribution in [-0.4, -0.2) is 30.4 Å². The Labute approximate surface area is 166 Å². The first kappa shape index (κ1) is 22.3. The topological polar surface area (TPSA) is 64.6 Å². The molecule has 5 nitrogen and oxygen atoms in total. The maximum Gasteiger partial charge on any atom is 0.573 e. The number of ether oxygens (including phenoxy) is 2. The molecule has 0 spiro atoms. The van der Waals surface area contributed by atoms with E-state index in [1.54, 1.807) is 0 Å². The van der Waals surface area contributed by atoms with E-state index in [-0.39, 0.29) is 11.6 Å². The maximum absolute atomic E-state index is 12.2. The zero-order valence-corrected chi connectivity index (χ0v) is 16.0. The van der Waals surface area contributed by atoms with Crippen molar-refractivity contribution in [3.05, 3.63) is 65.7 Å². The van der Waals surface area contributed by atoms with Crippen molar-refractivity contribution in [2.24, 2.45) is 0 Å².